The third-order valence-electron chi connectivity index (χ3n) is 2.66. The van der Waals surface area contributed by atoms with Crippen molar-refractivity contribution in [3.05, 3.63) is 29.8 Å². The van der Waals surface area contributed by atoms with Gasteiger partial charge in [-0.05, 0) is 35.0 Å². The first kappa shape index (κ1) is 15.3. The van der Waals surface area contributed by atoms with Crippen LogP contribution < -0.4 is 5.32 Å². The molecule has 0 atom stereocenters. The minimum absolute atomic E-state index is 0.0227. The van der Waals surface area contributed by atoms with Gasteiger partial charge in [-0.3, -0.25) is 4.79 Å². The summed E-state index contributed by atoms with van der Waals surface area (Å²) in [5.74, 6) is 0.230. The van der Waals surface area contributed by atoms with E-state index >= 15 is 0 Å². The first-order valence-electron chi connectivity index (χ1n) is 6.33. The molecule has 1 aromatic carbocycles. The van der Waals surface area contributed by atoms with E-state index < -0.39 is 0 Å². The molecule has 0 fully saturated rings. The molecule has 100 valence electrons. The molecule has 0 saturated heterocycles. The minimum atomic E-state index is 0.0227. The monoisotopic (exact) mass is 361 g/mol. The number of hydrogen-bond donors (Lipinski definition) is 2. The molecule has 0 aliphatic rings. The normalized spacial score (nSPS) is 10.3. The lowest BCUT2D eigenvalue weighted by Gasteiger charge is -2.05. The van der Waals surface area contributed by atoms with Crippen molar-refractivity contribution in [3.8, 4) is 5.75 Å². The van der Waals surface area contributed by atoms with Gasteiger partial charge in [0.05, 0.1) is 6.42 Å². The van der Waals surface area contributed by atoms with E-state index in [0.717, 1.165) is 18.5 Å². The van der Waals surface area contributed by atoms with E-state index in [0.29, 0.717) is 6.42 Å². The van der Waals surface area contributed by atoms with Crippen molar-refractivity contribution in [1.82, 2.24) is 5.32 Å². The molecule has 0 saturated carbocycles. The van der Waals surface area contributed by atoms with Crippen LogP contribution in [0.3, 0.4) is 0 Å². The zero-order chi connectivity index (χ0) is 13.2. The van der Waals surface area contributed by atoms with Gasteiger partial charge in [0.25, 0.3) is 0 Å². The number of nitrogens with one attached hydrogen (secondary N) is 1. The van der Waals surface area contributed by atoms with Crippen LogP contribution in [-0.4, -0.2) is 22.0 Å². The van der Waals surface area contributed by atoms with Crippen molar-refractivity contribution in [2.75, 3.05) is 11.0 Å². The van der Waals surface area contributed by atoms with E-state index in [1.807, 2.05) is 6.07 Å². The van der Waals surface area contributed by atoms with Crippen LogP contribution in [0.2, 0.25) is 0 Å². The fraction of sp³-hybridized carbons (Fsp3) is 0.500. The van der Waals surface area contributed by atoms with Gasteiger partial charge in [-0.2, -0.15) is 0 Å². The number of amides is 1. The van der Waals surface area contributed by atoms with E-state index in [1.165, 1.54) is 23.7 Å². The van der Waals surface area contributed by atoms with Crippen LogP contribution in [0.1, 0.15) is 31.2 Å². The fourth-order valence-electron chi connectivity index (χ4n) is 1.72. The fourth-order valence-corrected chi connectivity index (χ4v) is 2.25. The number of alkyl halides is 1. The number of aromatic hydroxyl groups is 1. The van der Waals surface area contributed by atoms with E-state index in [2.05, 4.69) is 27.9 Å². The Labute approximate surface area is 122 Å². The summed E-state index contributed by atoms with van der Waals surface area (Å²) >= 11 is 2.38. The molecule has 0 unspecified atom stereocenters. The second-order valence-corrected chi connectivity index (χ2v) is 5.38. The number of hydrogen-bond acceptors (Lipinski definition) is 2. The van der Waals surface area contributed by atoms with Crippen LogP contribution in [0.4, 0.5) is 0 Å². The summed E-state index contributed by atoms with van der Waals surface area (Å²) in [5, 5.41) is 12.2. The molecule has 0 aliphatic carbocycles. The molecule has 0 heterocycles. The van der Waals surface area contributed by atoms with Gasteiger partial charge < -0.3 is 10.4 Å². The van der Waals surface area contributed by atoms with E-state index in [-0.39, 0.29) is 11.7 Å². The number of phenols is 1. The minimum Gasteiger partial charge on any atom is -0.508 e. The van der Waals surface area contributed by atoms with E-state index in [9.17, 15) is 9.90 Å². The van der Waals surface area contributed by atoms with Crippen LogP contribution in [0.15, 0.2) is 24.3 Å². The average molecular weight is 361 g/mol. The smallest absolute Gasteiger partial charge is 0.224 e. The standard InChI is InChI=1S/C14H20INO2/c15-8-3-1-2-4-9-16-14(18)11-12-6-5-7-13(17)10-12/h5-7,10,17H,1-4,8-9,11H2,(H,16,18). The Bertz CT molecular complexity index is 369. The van der Waals surface area contributed by atoms with Gasteiger partial charge in [0.1, 0.15) is 5.75 Å². The van der Waals surface area contributed by atoms with Crippen LogP contribution >= 0.6 is 22.6 Å². The largest absolute Gasteiger partial charge is 0.508 e. The van der Waals surface area contributed by atoms with Gasteiger partial charge in [-0.25, -0.2) is 0 Å². The van der Waals surface area contributed by atoms with Crippen LogP contribution in [0.25, 0.3) is 0 Å². The Morgan fingerprint density at radius 2 is 2.00 bits per heavy atom. The Balaban J connectivity index is 2.14. The number of carbonyl (C=O) groups is 1. The second kappa shape index (κ2) is 9.19. The first-order valence-corrected chi connectivity index (χ1v) is 7.85. The maximum Gasteiger partial charge on any atom is 0.224 e. The Morgan fingerprint density at radius 1 is 1.22 bits per heavy atom. The molecule has 0 bridgehead atoms. The van der Waals surface area contributed by atoms with Crippen molar-refractivity contribution in [1.29, 1.82) is 0 Å². The van der Waals surface area contributed by atoms with Crippen LogP contribution in [0.5, 0.6) is 5.75 Å². The highest BCUT2D eigenvalue weighted by atomic mass is 127. The molecule has 18 heavy (non-hydrogen) atoms. The van der Waals surface area contributed by atoms with Crippen molar-refractivity contribution < 1.29 is 9.90 Å². The molecule has 1 amide bonds. The third kappa shape index (κ3) is 6.83. The highest BCUT2D eigenvalue weighted by Crippen LogP contribution is 2.11. The highest BCUT2D eigenvalue weighted by molar-refractivity contribution is 14.1. The highest BCUT2D eigenvalue weighted by Gasteiger charge is 2.03. The molecule has 0 aliphatic heterocycles. The predicted octanol–water partition coefficient (Wildman–Crippen LogP) is 3.05. The Morgan fingerprint density at radius 3 is 2.72 bits per heavy atom. The average Bonchev–Trinajstić information content (AvgIpc) is 2.33. The molecule has 0 radical (unpaired) electrons. The molecule has 2 N–H and O–H groups in total. The predicted molar refractivity (Wildman–Crippen MR) is 82.2 cm³/mol. The number of rotatable bonds is 8. The summed E-state index contributed by atoms with van der Waals surface area (Å²) in [7, 11) is 0. The first-order chi connectivity index (χ1) is 8.72. The van der Waals surface area contributed by atoms with Gasteiger partial charge in [0, 0.05) is 6.54 Å². The summed E-state index contributed by atoms with van der Waals surface area (Å²) in [5.41, 5.74) is 0.845. The molecule has 0 aromatic heterocycles. The lowest BCUT2D eigenvalue weighted by Crippen LogP contribution is -2.26. The van der Waals surface area contributed by atoms with E-state index in [1.54, 1.807) is 18.2 Å². The van der Waals surface area contributed by atoms with Gasteiger partial charge in [0.15, 0.2) is 0 Å². The third-order valence-corrected chi connectivity index (χ3v) is 3.42. The van der Waals surface area contributed by atoms with Gasteiger partial charge in [-0.15, -0.1) is 0 Å². The summed E-state index contributed by atoms with van der Waals surface area (Å²) in [6, 6.07) is 6.83. The molecule has 3 nitrogen and oxygen atoms in total. The molecular formula is C14H20INO2. The zero-order valence-corrected chi connectivity index (χ0v) is 12.7. The molecule has 1 aromatic rings. The number of halogens is 1. The Hall–Kier alpha value is -0.780. The topological polar surface area (TPSA) is 49.3 Å². The number of phenolic OH excluding ortho intramolecular Hbond substituents is 1. The van der Waals surface area contributed by atoms with Crippen molar-refractivity contribution in [3.63, 3.8) is 0 Å². The second-order valence-electron chi connectivity index (χ2n) is 4.30. The molecular weight excluding hydrogens is 341 g/mol. The van der Waals surface area contributed by atoms with Crippen molar-refractivity contribution >= 4 is 28.5 Å². The van der Waals surface area contributed by atoms with Gasteiger partial charge >= 0.3 is 0 Å². The van der Waals surface area contributed by atoms with Crippen LogP contribution in [0, 0.1) is 0 Å². The lowest BCUT2D eigenvalue weighted by molar-refractivity contribution is -0.120. The summed E-state index contributed by atoms with van der Waals surface area (Å²) in [4.78, 5) is 11.6. The van der Waals surface area contributed by atoms with E-state index in [4.69, 9.17) is 0 Å². The SMILES string of the molecule is O=C(Cc1cccc(O)c1)NCCCCCCI. The van der Waals surface area contributed by atoms with Crippen molar-refractivity contribution in [2.24, 2.45) is 0 Å². The summed E-state index contributed by atoms with van der Waals surface area (Å²) in [6.07, 6.45) is 5.06. The summed E-state index contributed by atoms with van der Waals surface area (Å²) in [6.45, 7) is 0.749. The molecule has 0 spiro atoms. The van der Waals surface area contributed by atoms with Gasteiger partial charge in [0.2, 0.25) is 5.91 Å². The summed E-state index contributed by atoms with van der Waals surface area (Å²) < 4.78 is 1.21. The number of carbonyl (C=O) groups excluding carboxylic acids is 1. The maximum absolute atomic E-state index is 11.6. The van der Waals surface area contributed by atoms with Crippen LogP contribution in [-0.2, 0) is 11.2 Å². The molecule has 4 heteroatoms. The lowest BCUT2D eigenvalue weighted by atomic mass is 10.1. The van der Waals surface area contributed by atoms with Crippen molar-refractivity contribution in [2.45, 2.75) is 32.1 Å². The Kier molecular flexibility index (Phi) is 7.80. The molecule has 1 rings (SSSR count). The van der Waals surface area contributed by atoms with Gasteiger partial charge in [-0.1, -0.05) is 47.6 Å². The zero-order valence-electron chi connectivity index (χ0n) is 10.5. The number of benzene rings is 1. The maximum atomic E-state index is 11.6. The number of unbranched alkanes of at least 4 members (excludes halogenated alkanes) is 3. The quantitative estimate of drug-likeness (QED) is 0.425.